The van der Waals surface area contributed by atoms with Gasteiger partial charge in [0.15, 0.2) is 11.6 Å². The summed E-state index contributed by atoms with van der Waals surface area (Å²) < 4.78 is 18.3. The normalized spacial score (nSPS) is 19.7. The molecule has 1 aliphatic heterocycles. The zero-order chi connectivity index (χ0) is 12.3. The summed E-state index contributed by atoms with van der Waals surface area (Å²) in [6, 6.07) is 5.07. The summed E-state index contributed by atoms with van der Waals surface area (Å²) in [7, 11) is 3.47. The third kappa shape index (κ3) is 2.69. The molecule has 1 aromatic carbocycles. The summed E-state index contributed by atoms with van der Waals surface area (Å²) >= 11 is 0. The van der Waals surface area contributed by atoms with E-state index < -0.39 is 0 Å². The van der Waals surface area contributed by atoms with Gasteiger partial charge in [-0.05, 0) is 38.1 Å². The minimum atomic E-state index is -0.303. The fourth-order valence-electron chi connectivity index (χ4n) is 2.37. The minimum Gasteiger partial charge on any atom is -0.494 e. The minimum absolute atomic E-state index is 0.303. The van der Waals surface area contributed by atoms with E-state index in [0.717, 1.165) is 25.3 Å². The molecule has 0 aliphatic carbocycles. The molecule has 1 saturated heterocycles. The van der Waals surface area contributed by atoms with Crippen LogP contribution in [-0.2, 0) is 0 Å². The van der Waals surface area contributed by atoms with Crippen molar-refractivity contribution in [2.75, 3.05) is 38.7 Å². The zero-order valence-electron chi connectivity index (χ0n) is 10.4. The summed E-state index contributed by atoms with van der Waals surface area (Å²) in [6.07, 6.45) is 1.18. The predicted octanol–water partition coefficient (Wildman–Crippen LogP) is 1.88. The highest BCUT2D eigenvalue weighted by Crippen LogP contribution is 2.28. The second-order valence-corrected chi connectivity index (χ2v) is 4.48. The molecule has 4 heteroatoms. The topological polar surface area (TPSA) is 24.5 Å². The maximum Gasteiger partial charge on any atom is 0.165 e. The van der Waals surface area contributed by atoms with Gasteiger partial charge >= 0.3 is 0 Å². The van der Waals surface area contributed by atoms with Crippen LogP contribution < -0.4 is 15.0 Å². The monoisotopic (exact) mass is 238 g/mol. The molecular weight excluding hydrogens is 219 g/mol. The van der Waals surface area contributed by atoms with Crippen LogP contribution in [0, 0.1) is 11.7 Å². The molecule has 1 N–H and O–H groups in total. The molecule has 1 atom stereocenters. The van der Waals surface area contributed by atoms with Crippen molar-refractivity contribution in [3.63, 3.8) is 0 Å². The number of halogens is 1. The van der Waals surface area contributed by atoms with Crippen molar-refractivity contribution in [1.29, 1.82) is 0 Å². The molecule has 0 bridgehead atoms. The summed E-state index contributed by atoms with van der Waals surface area (Å²) in [4.78, 5) is 2.28. The molecule has 17 heavy (non-hydrogen) atoms. The molecule has 0 saturated carbocycles. The molecule has 1 fully saturated rings. The number of methoxy groups -OCH3 is 1. The maximum atomic E-state index is 13.3. The van der Waals surface area contributed by atoms with E-state index in [0.29, 0.717) is 11.7 Å². The Balaban J connectivity index is 2.08. The van der Waals surface area contributed by atoms with Crippen molar-refractivity contribution in [3.05, 3.63) is 24.0 Å². The molecule has 94 valence electrons. The molecule has 1 unspecified atom stereocenters. The molecule has 2 rings (SSSR count). The quantitative estimate of drug-likeness (QED) is 0.866. The van der Waals surface area contributed by atoms with Crippen LogP contribution in [0.5, 0.6) is 5.75 Å². The van der Waals surface area contributed by atoms with Gasteiger partial charge in [0.1, 0.15) is 0 Å². The number of anilines is 1. The fraction of sp³-hybridized carbons (Fsp3) is 0.538. The van der Waals surface area contributed by atoms with E-state index >= 15 is 0 Å². The number of hydrogen-bond donors (Lipinski definition) is 1. The second-order valence-electron chi connectivity index (χ2n) is 4.48. The highest BCUT2D eigenvalue weighted by Gasteiger charge is 2.22. The van der Waals surface area contributed by atoms with E-state index in [-0.39, 0.29) is 5.82 Å². The number of benzene rings is 1. The van der Waals surface area contributed by atoms with Crippen molar-refractivity contribution >= 4 is 5.69 Å². The van der Waals surface area contributed by atoms with Gasteiger partial charge in [-0.2, -0.15) is 0 Å². The number of rotatable bonds is 4. The molecule has 0 spiro atoms. The molecule has 0 radical (unpaired) electrons. The Morgan fingerprint density at radius 2 is 2.35 bits per heavy atom. The van der Waals surface area contributed by atoms with Crippen LogP contribution >= 0.6 is 0 Å². The third-order valence-electron chi connectivity index (χ3n) is 3.28. The SMILES string of the molecule is CNCC1CCN(c2ccc(F)c(OC)c2)C1. The smallest absolute Gasteiger partial charge is 0.165 e. The van der Waals surface area contributed by atoms with Crippen molar-refractivity contribution in [3.8, 4) is 5.75 Å². The van der Waals surface area contributed by atoms with Crippen LogP contribution in [0.25, 0.3) is 0 Å². The van der Waals surface area contributed by atoms with Crippen molar-refractivity contribution in [2.24, 2.45) is 5.92 Å². The lowest BCUT2D eigenvalue weighted by atomic mass is 10.1. The van der Waals surface area contributed by atoms with Gasteiger partial charge in [0, 0.05) is 24.8 Å². The largest absolute Gasteiger partial charge is 0.494 e. The van der Waals surface area contributed by atoms with Crippen molar-refractivity contribution < 1.29 is 9.13 Å². The Morgan fingerprint density at radius 1 is 1.53 bits per heavy atom. The predicted molar refractivity (Wildman–Crippen MR) is 67.2 cm³/mol. The van der Waals surface area contributed by atoms with Gasteiger partial charge in [0.25, 0.3) is 0 Å². The summed E-state index contributed by atoms with van der Waals surface area (Å²) in [5, 5.41) is 3.20. The van der Waals surface area contributed by atoms with Gasteiger partial charge in [-0.1, -0.05) is 0 Å². The van der Waals surface area contributed by atoms with Crippen LogP contribution in [0.1, 0.15) is 6.42 Å². The highest BCUT2D eigenvalue weighted by atomic mass is 19.1. The second kappa shape index (κ2) is 5.36. The number of hydrogen-bond acceptors (Lipinski definition) is 3. The van der Waals surface area contributed by atoms with Crippen LogP contribution in [0.15, 0.2) is 18.2 Å². The van der Waals surface area contributed by atoms with Gasteiger partial charge in [-0.3, -0.25) is 0 Å². The van der Waals surface area contributed by atoms with E-state index in [1.807, 2.05) is 13.1 Å². The van der Waals surface area contributed by atoms with Gasteiger partial charge in [0.05, 0.1) is 7.11 Å². The Bertz CT molecular complexity index is 384. The van der Waals surface area contributed by atoms with Gasteiger partial charge < -0.3 is 15.0 Å². The van der Waals surface area contributed by atoms with Crippen LogP contribution in [0.2, 0.25) is 0 Å². The average Bonchev–Trinajstić information content (AvgIpc) is 2.79. The van der Waals surface area contributed by atoms with Gasteiger partial charge in [-0.25, -0.2) is 4.39 Å². The van der Waals surface area contributed by atoms with Crippen LogP contribution in [0.3, 0.4) is 0 Å². The van der Waals surface area contributed by atoms with E-state index in [1.54, 1.807) is 6.07 Å². The number of ether oxygens (including phenoxy) is 1. The molecule has 3 nitrogen and oxygen atoms in total. The number of nitrogens with zero attached hydrogens (tertiary/aromatic N) is 1. The first-order chi connectivity index (χ1) is 8.24. The lowest BCUT2D eigenvalue weighted by molar-refractivity contribution is 0.386. The van der Waals surface area contributed by atoms with Crippen LogP contribution in [0.4, 0.5) is 10.1 Å². The summed E-state index contributed by atoms with van der Waals surface area (Å²) in [5.74, 6) is 0.692. The van der Waals surface area contributed by atoms with Gasteiger partial charge in [0.2, 0.25) is 0 Å². The van der Waals surface area contributed by atoms with Crippen molar-refractivity contribution in [1.82, 2.24) is 5.32 Å². The lowest BCUT2D eigenvalue weighted by Gasteiger charge is -2.19. The summed E-state index contributed by atoms with van der Waals surface area (Å²) in [6.45, 7) is 3.09. The first kappa shape index (κ1) is 12.2. The van der Waals surface area contributed by atoms with E-state index in [1.165, 1.54) is 19.6 Å². The first-order valence-electron chi connectivity index (χ1n) is 5.97. The van der Waals surface area contributed by atoms with E-state index in [2.05, 4.69) is 10.2 Å². The molecule has 0 aromatic heterocycles. The van der Waals surface area contributed by atoms with E-state index in [9.17, 15) is 4.39 Å². The first-order valence-corrected chi connectivity index (χ1v) is 5.97. The molecule has 1 heterocycles. The van der Waals surface area contributed by atoms with Gasteiger partial charge in [-0.15, -0.1) is 0 Å². The Kier molecular flexibility index (Phi) is 3.84. The maximum absolute atomic E-state index is 13.3. The Morgan fingerprint density at radius 3 is 3.06 bits per heavy atom. The molecule has 0 amide bonds. The average molecular weight is 238 g/mol. The standard InChI is InChI=1S/C13H19FN2O/c1-15-8-10-5-6-16(9-10)11-3-4-12(14)13(7-11)17-2/h3-4,7,10,15H,5-6,8-9H2,1-2H3. The van der Waals surface area contributed by atoms with Crippen molar-refractivity contribution in [2.45, 2.75) is 6.42 Å². The Hall–Kier alpha value is -1.29. The van der Waals surface area contributed by atoms with Crippen LogP contribution in [-0.4, -0.2) is 33.8 Å². The zero-order valence-corrected chi connectivity index (χ0v) is 10.4. The summed E-state index contributed by atoms with van der Waals surface area (Å²) in [5.41, 5.74) is 1.04. The number of nitrogens with one attached hydrogen (secondary N) is 1. The molecular formula is C13H19FN2O. The lowest BCUT2D eigenvalue weighted by Crippen LogP contribution is -2.24. The Labute approximate surface area is 102 Å². The fourth-order valence-corrected chi connectivity index (χ4v) is 2.37. The third-order valence-corrected chi connectivity index (χ3v) is 3.28. The van der Waals surface area contributed by atoms with E-state index in [4.69, 9.17) is 4.74 Å². The molecule has 1 aromatic rings. The highest BCUT2D eigenvalue weighted by molar-refractivity contribution is 5.52. The molecule has 1 aliphatic rings.